The van der Waals surface area contributed by atoms with Crippen LogP contribution in [-0.4, -0.2) is 14.5 Å². The molecule has 1 aliphatic rings. The van der Waals surface area contributed by atoms with Gasteiger partial charge in [-0.1, -0.05) is 243 Å². The Hall–Kier alpha value is -8.40. The lowest BCUT2D eigenvalue weighted by Gasteiger charge is -2.34. The van der Waals surface area contributed by atoms with Crippen molar-refractivity contribution in [2.45, 2.75) is 24.8 Å². The second-order valence-corrected chi connectivity index (χ2v) is 17.7. The van der Waals surface area contributed by atoms with Gasteiger partial charge in [0.1, 0.15) is 0 Å². The van der Waals surface area contributed by atoms with Gasteiger partial charge in [-0.15, -0.1) is 0 Å². The highest BCUT2D eigenvalue weighted by molar-refractivity contribution is 5.99. The van der Waals surface area contributed by atoms with Gasteiger partial charge in [-0.3, -0.25) is 0 Å². The van der Waals surface area contributed by atoms with Crippen molar-refractivity contribution < 1.29 is 0 Å². The first-order chi connectivity index (χ1) is 33.2. The van der Waals surface area contributed by atoms with Crippen molar-refractivity contribution in [1.29, 1.82) is 0 Å². The molecule has 0 saturated carbocycles. The molecule has 0 fully saturated rings. The van der Waals surface area contributed by atoms with Gasteiger partial charge in [-0.05, 0) is 74.9 Å². The monoisotopic (exact) mass is 857 g/mol. The number of hydrogen-bond donors (Lipinski definition) is 0. The number of rotatable bonds is 9. The summed E-state index contributed by atoms with van der Waals surface area (Å²) in [5.41, 5.74) is 18.7. The largest absolute Gasteiger partial charge is 0.336 e. The van der Waals surface area contributed by atoms with Crippen LogP contribution >= 0.6 is 0 Å². The zero-order valence-corrected chi connectivity index (χ0v) is 37.1. The first-order valence-electron chi connectivity index (χ1n) is 23.3. The van der Waals surface area contributed by atoms with Gasteiger partial charge in [0.25, 0.3) is 0 Å². The van der Waals surface area contributed by atoms with E-state index in [1.165, 1.54) is 66.7 Å². The molecule has 0 aliphatic carbocycles. The molecule has 2 aromatic heterocycles. The van der Waals surface area contributed by atoms with Crippen molar-refractivity contribution in [2.75, 3.05) is 0 Å². The van der Waals surface area contributed by atoms with E-state index in [2.05, 4.69) is 247 Å². The van der Waals surface area contributed by atoms with Gasteiger partial charge < -0.3 is 4.57 Å². The fourth-order valence-corrected chi connectivity index (χ4v) is 10.2. The Morgan fingerprint density at radius 2 is 0.716 bits per heavy atom. The lowest BCUT2D eigenvalue weighted by Crippen LogP contribution is -2.24. The number of fused-ring (bicyclic) bond motifs is 3. The van der Waals surface area contributed by atoms with Gasteiger partial charge in [-0.2, -0.15) is 0 Å². The predicted molar refractivity (Wildman–Crippen MR) is 278 cm³/mol. The van der Waals surface area contributed by atoms with E-state index in [-0.39, 0.29) is 6.04 Å². The molecule has 9 aromatic carbocycles. The fourth-order valence-electron chi connectivity index (χ4n) is 10.2. The molecule has 0 N–H and O–H groups in total. The van der Waals surface area contributed by atoms with E-state index < -0.39 is 0 Å². The number of nitrogens with zero attached hydrogens (tertiary/aromatic N) is 3. The van der Waals surface area contributed by atoms with Crippen LogP contribution in [-0.2, 0) is 6.42 Å². The third kappa shape index (κ3) is 7.85. The van der Waals surface area contributed by atoms with Gasteiger partial charge in [0.15, 0.2) is 5.82 Å². The SMILES string of the molecule is c1ccc(-c2ccc(-c3cc(-c4ccc(-c5ccc(C6Cc7c8ccccc8c(-c8ccccc8)n7C(c7ccccc7)C6)cc5)cc4)nc(-c4ccc(-c5ccccc5)cc4)n3)cc2)cc1. The lowest BCUT2D eigenvalue weighted by atomic mass is 9.82. The van der Waals surface area contributed by atoms with Crippen LogP contribution in [0.3, 0.4) is 0 Å². The highest BCUT2D eigenvalue weighted by atomic mass is 15.1. The van der Waals surface area contributed by atoms with Crippen LogP contribution in [0.4, 0.5) is 0 Å². The average Bonchev–Trinajstić information content (AvgIpc) is 3.76. The molecule has 1 aliphatic heterocycles. The molecular formula is C64H47N3. The van der Waals surface area contributed by atoms with E-state index in [0.717, 1.165) is 46.5 Å². The molecular weight excluding hydrogens is 811 g/mol. The van der Waals surface area contributed by atoms with Crippen molar-refractivity contribution >= 4 is 10.8 Å². The minimum atomic E-state index is 0.218. The van der Waals surface area contributed by atoms with Crippen LogP contribution in [0, 0.1) is 0 Å². The van der Waals surface area contributed by atoms with Gasteiger partial charge >= 0.3 is 0 Å². The van der Waals surface area contributed by atoms with E-state index in [1.54, 1.807) is 0 Å². The predicted octanol–water partition coefficient (Wildman–Crippen LogP) is 16.4. The molecule has 67 heavy (non-hydrogen) atoms. The van der Waals surface area contributed by atoms with E-state index in [1.807, 2.05) is 6.07 Å². The molecule has 318 valence electrons. The van der Waals surface area contributed by atoms with Crippen molar-refractivity contribution in [3.8, 4) is 78.5 Å². The Bertz CT molecular complexity index is 3350. The first kappa shape index (κ1) is 40.1. The molecule has 11 aromatic rings. The normalized spacial score (nSPS) is 14.4. The van der Waals surface area contributed by atoms with Crippen LogP contribution in [0.15, 0.2) is 249 Å². The topological polar surface area (TPSA) is 30.7 Å². The third-order valence-electron chi connectivity index (χ3n) is 13.7. The maximum absolute atomic E-state index is 5.20. The zero-order chi connectivity index (χ0) is 44.5. The van der Waals surface area contributed by atoms with Crippen molar-refractivity contribution in [3.63, 3.8) is 0 Å². The molecule has 0 bridgehead atoms. The number of hydrogen-bond acceptors (Lipinski definition) is 2. The summed E-state index contributed by atoms with van der Waals surface area (Å²) in [6, 6.07) is 89.8. The molecule has 0 spiro atoms. The molecule has 3 nitrogen and oxygen atoms in total. The second-order valence-electron chi connectivity index (χ2n) is 17.7. The smallest absolute Gasteiger partial charge is 0.160 e. The maximum atomic E-state index is 5.20. The minimum Gasteiger partial charge on any atom is -0.336 e. The molecule has 0 radical (unpaired) electrons. The zero-order valence-electron chi connectivity index (χ0n) is 37.1. The Labute approximate surface area is 392 Å². The third-order valence-corrected chi connectivity index (χ3v) is 13.7. The summed E-state index contributed by atoms with van der Waals surface area (Å²) in [4.78, 5) is 10.4. The molecule has 3 heterocycles. The van der Waals surface area contributed by atoms with Crippen molar-refractivity contribution in [1.82, 2.24) is 14.5 Å². The van der Waals surface area contributed by atoms with E-state index in [9.17, 15) is 0 Å². The van der Waals surface area contributed by atoms with Gasteiger partial charge in [0, 0.05) is 33.2 Å². The molecule has 0 amide bonds. The Morgan fingerprint density at radius 3 is 1.22 bits per heavy atom. The second kappa shape index (κ2) is 17.5. The number of aromatic nitrogens is 3. The fraction of sp³-hybridized carbons (Fsp3) is 0.0625. The highest BCUT2D eigenvalue weighted by Crippen LogP contribution is 2.47. The molecule has 3 heteroatoms. The van der Waals surface area contributed by atoms with Crippen molar-refractivity contribution in [3.05, 3.63) is 266 Å². The molecule has 2 unspecified atom stereocenters. The molecule has 12 rings (SSSR count). The summed E-state index contributed by atoms with van der Waals surface area (Å²) in [5.74, 6) is 1.08. The lowest BCUT2D eigenvalue weighted by molar-refractivity contribution is 0.420. The van der Waals surface area contributed by atoms with Crippen molar-refractivity contribution in [2.24, 2.45) is 0 Å². The van der Waals surface area contributed by atoms with Crippen LogP contribution in [0.5, 0.6) is 0 Å². The van der Waals surface area contributed by atoms with Gasteiger partial charge in [-0.25, -0.2) is 9.97 Å². The van der Waals surface area contributed by atoms with E-state index >= 15 is 0 Å². The summed E-state index contributed by atoms with van der Waals surface area (Å²) in [5, 5.41) is 2.68. The van der Waals surface area contributed by atoms with Gasteiger partial charge in [0.2, 0.25) is 0 Å². The Kier molecular flexibility index (Phi) is 10.5. The summed E-state index contributed by atoms with van der Waals surface area (Å²) in [7, 11) is 0. The quantitative estimate of drug-likeness (QED) is 0.145. The van der Waals surface area contributed by atoms with E-state index in [4.69, 9.17) is 9.97 Å². The standard InChI is InChI=1S/C64H47N3/c1-5-15-44(16-6-1)46-29-35-51(36-30-46)59-43-60(66-64(65-59)55-39-33-47(34-40-55)45-17-7-2-8-18-45)52-37-31-49(32-38-52)48-25-27-50(28-26-48)56-41-61(53-19-9-3-10-20-53)67-62(42-56)57-23-13-14-24-58(57)63(67)54-21-11-4-12-22-54/h1-40,43,56,61H,41-42H2. The summed E-state index contributed by atoms with van der Waals surface area (Å²) >= 11 is 0. The maximum Gasteiger partial charge on any atom is 0.160 e. The summed E-state index contributed by atoms with van der Waals surface area (Å²) in [6.45, 7) is 0. The Morgan fingerprint density at radius 1 is 0.328 bits per heavy atom. The highest BCUT2D eigenvalue weighted by Gasteiger charge is 2.33. The number of benzene rings is 9. The van der Waals surface area contributed by atoms with Crippen LogP contribution in [0.2, 0.25) is 0 Å². The van der Waals surface area contributed by atoms with Gasteiger partial charge in [0.05, 0.1) is 23.1 Å². The van der Waals surface area contributed by atoms with Crippen LogP contribution < -0.4 is 0 Å². The van der Waals surface area contributed by atoms with Crippen LogP contribution in [0.25, 0.3) is 89.3 Å². The minimum absolute atomic E-state index is 0.218. The Balaban J connectivity index is 0.857. The van der Waals surface area contributed by atoms with Crippen LogP contribution in [0.1, 0.15) is 35.2 Å². The summed E-state index contributed by atoms with van der Waals surface area (Å²) < 4.78 is 2.66. The molecule has 0 saturated heterocycles. The van der Waals surface area contributed by atoms with E-state index in [0.29, 0.717) is 11.7 Å². The first-order valence-corrected chi connectivity index (χ1v) is 23.3. The summed E-state index contributed by atoms with van der Waals surface area (Å²) in [6.07, 6.45) is 2.02. The average molecular weight is 858 g/mol. The molecule has 2 atom stereocenters.